The Morgan fingerprint density at radius 2 is 0.595 bits per heavy atom. The summed E-state index contributed by atoms with van der Waals surface area (Å²) in [6.07, 6.45) is 0. The van der Waals surface area contributed by atoms with Crippen molar-refractivity contribution in [1.82, 2.24) is 0 Å². The number of hydrogen-bond acceptors (Lipinski definition) is 3. The van der Waals surface area contributed by atoms with Gasteiger partial charge in [-0.05, 0) is 132 Å². The molecule has 0 amide bonds. The third-order valence-electron chi connectivity index (χ3n) is 19.1. The van der Waals surface area contributed by atoms with Crippen molar-refractivity contribution in [1.29, 1.82) is 0 Å². The fourth-order valence-electron chi connectivity index (χ4n) is 16.0. The summed E-state index contributed by atoms with van der Waals surface area (Å²) in [6, 6.07) is 115. The first kappa shape index (κ1) is 47.0. The van der Waals surface area contributed by atoms with Gasteiger partial charge in [-0.25, -0.2) is 0 Å². The summed E-state index contributed by atoms with van der Waals surface area (Å²) in [4.78, 5) is 2.59. The molecule has 2 heterocycles. The molecular formula is C81H51NO2. The van der Waals surface area contributed by atoms with E-state index in [4.69, 9.17) is 9.47 Å². The van der Waals surface area contributed by atoms with E-state index >= 15 is 0 Å². The van der Waals surface area contributed by atoms with Crippen molar-refractivity contribution in [3.05, 3.63) is 376 Å². The second-order valence-electron chi connectivity index (χ2n) is 22.9. The Balaban J connectivity index is 0.937. The lowest BCUT2D eigenvalue weighted by Gasteiger charge is -2.39. The lowest BCUT2D eigenvalue weighted by Crippen LogP contribution is -2.32. The highest BCUT2D eigenvalue weighted by atomic mass is 16.5. The third-order valence-corrected chi connectivity index (χ3v) is 19.1. The van der Waals surface area contributed by atoms with Crippen molar-refractivity contribution in [3.63, 3.8) is 0 Å². The highest BCUT2D eigenvalue weighted by Gasteiger charge is 2.54. The first-order chi connectivity index (χ1) is 41.7. The van der Waals surface area contributed by atoms with E-state index in [1.165, 1.54) is 77.9 Å². The molecule has 5 aliphatic rings. The van der Waals surface area contributed by atoms with Crippen LogP contribution in [-0.2, 0) is 16.2 Å². The van der Waals surface area contributed by atoms with Gasteiger partial charge in [-0.1, -0.05) is 255 Å². The summed E-state index contributed by atoms with van der Waals surface area (Å²) in [6.45, 7) is 0. The average Bonchev–Trinajstić information content (AvgIpc) is 1.56. The van der Waals surface area contributed by atoms with E-state index < -0.39 is 16.2 Å². The maximum Gasteiger partial charge on any atom is 0.132 e. The molecule has 2 aliphatic heterocycles. The van der Waals surface area contributed by atoms with Crippen LogP contribution in [0.15, 0.2) is 309 Å². The summed E-state index contributed by atoms with van der Waals surface area (Å²) in [5.74, 6) is 3.49. The summed E-state index contributed by atoms with van der Waals surface area (Å²) in [7, 11) is 0. The summed E-state index contributed by atoms with van der Waals surface area (Å²) in [5.41, 5.74) is 25.3. The number of rotatable bonds is 6. The molecule has 13 aromatic rings. The molecule has 18 rings (SSSR count). The van der Waals surface area contributed by atoms with Crippen molar-refractivity contribution in [3.8, 4) is 67.5 Å². The Kier molecular flexibility index (Phi) is 9.86. The van der Waals surface area contributed by atoms with Gasteiger partial charge >= 0.3 is 0 Å². The maximum atomic E-state index is 6.85. The minimum atomic E-state index is -0.673. The largest absolute Gasteiger partial charge is 0.457 e. The van der Waals surface area contributed by atoms with Crippen molar-refractivity contribution in [2.24, 2.45) is 0 Å². The number of fused-ring (bicyclic) bond motifs is 21. The van der Waals surface area contributed by atoms with Gasteiger partial charge in [-0.15, -0.1) is 0 Å². The van der Waals surface area contributed by atoms with Gasteiger partial charge in [-0.2, -0.15) is 0 Å². The van der Waals surface area contributed by atoms with Gasteiger partial charge in [0, 0.05) is 39.1 Å². The Bertz CT molecular complexity index is 4750. The van der Waals surface area contributed by atoms with E-state index in [-0.39, 0.29) is 0 Å². The highest BCUT2D eigenvalue weighted by molar-refractivity contribution is 6.02. The Morgan fingerprint density at radius 3 is 1.14 bits per heavy atom. The first-order valence-electron chi connectivity index (χ1n) is 29.1. The van der Waals surface area contributed by atoms with Crippen LogP contribution < -0.4 is 14.4 Å². The van der Waals surface area contributed by atoms with E-state index in [1.54, 1.807) is 0 Å². The van der Waals surface area contributed by atoms with Crippen molar-refractivity contribution in [2.75, 3.05) is 4.90 Å². The predicted molar refractivity (Wildman–Crippen MR) is 339 cm³/mol. The van der Waals surface area contributed by atoms with Crippen LogP contribution in [0, 0.1) is 0 Å². The minimum absolute atomic E-state index is 0.625. The Morgan fingerprint density at radius 1 is 0.226 bits per heavy atom. The van der Waals surface area contributed by atoms with Crippen molar-refractivity contribution >= 4 is 17.1 Å². The number of hydrogen-bond donors (Lipinski definition) is 0. The smallest absolute Gasteiger partial charge is 0.132 e. The molecule has 3 heteroatoms. The average molecular weight is 1070 g/mol. The normalized spacial score (nSPS) is 14.7. The van der Waals surface area contributed by atoms with Crippen LogP contribution in [0.4, 0.5) is 17.1 Å². The van der Waals surface area contributed by atoms with Gasteiger partial charge in [0.2, 0.25) is 0 Å². The van der Waals surface area contributed by atoms with E-state index in [2.05, 4.69) is 314 Å². The van der Waals surface area contributed by atoms with Gasteiger partial charge < -0.3 is 14.4 Å². The molecule has 392 valence electrons. The second-order valence-corrected chi connectivity index (χ2v) is 22.9. The van der Waals surface area contributed by atoms with Crippen LogP contribution in [0.25, 0.3) is 44.5 Å². The van der Waals surface area contributed by atoms with Gasteiger partial charge in [-0.3, -0.25) is 0 Å². The molecule has 13 aromatic carbocycles. The lowest BCUT2D eigenvalue weighted by atomic mass is 9.66. The topological polar surface area (TPSA) is 21.7 Å². The number of nitrogens with zero attached hydrogens (tertiary/aromatic N) is 1. The zero-order valence-corrected chi connectivity index (χ0v) is 45.7. The van der Waals surface area contributed by atoms with Crippen LogP contribution in [0.2, 0.25) is 0 Å². The molecule has 3 nitrogen and oxygen atoms in total. The maximum absolute atomic E-state index is 6.85. The molecule has 0 unspecified atom stereocenters. The van der Waals surface area contributed by atoms with Crippen LogP contribution in [0.1, 0.15) is 66.8 Å². The first-order valence-corrected chi connectivity index (χ1v) is 29.1. The molecule has 0 bridgehead atoms. The highest BCUT2D eigenvalue weighted by Crippen LogP contribution is 2.66. The summed E-state index contributed by atoms with van der Waals surface area (Å²) in [5, 5.41) is 0. The molecule has 0 radical (unpaired) electrons. The molecule has 84 heavy (non-hydrogen) atoms. The quantitative estimate of drug-likeness (QED) is 0.166. The van der Waals surface area contributed by atoms with Gasteiger partial charge in [0.1, 0.15) is 23.0 Å². The molecule has 0 N–H and O–H groups in total. The van der Waals surface area contributed by atoms with Crippen LogP contribution >= 0.6 is 0 Å². The molecule has 0 fully saturated rings. The number of anilines is 3. The molecule has 0 saturated carbocycles. The Labute approximate surface area is 488 Å². The lowest BCUT2D eigenvalue weighted by molar-refractivity contribution is 0.436. The molecule has 0 saturated heterocycles. The SMILES string of the molecule is c1ccc(C2(c3ccccc3)c3ccccc3-c3ccc(N(c4ccccc4-c4ccc5c(c4)C4(c6ccccc6Oc6ccccc64)c4ccccc4-5)c4cccc5c4-c4ccccc4C54c5ccccc5Oc5ccccc54)cc32)cc1. The van der Waals surface area contributed by atoms with Gasteiger partial charge in [0.25, 0.3) is 0 Å². The van der Waals surface area contributed by atoms with E-state index in [0.717, 1.165) is 73.4 Å². The van der Waals surface area contributed by atoms with Crippen molar-refractivity contribution < 1.29 is 9.47 Å². The standard InChI is InChI=1S/C81H51NO2/c1-3-24-53(25-4-1)79(54-26-5-2-6-27-54)62-32-11-7-29-57(62)60-49-47-55(51-71(60)79)82(73-41-23-39-69-78(73)61-31-9-13-34-64(61)80(69)65-35-14-19-42-74(65)83-75-43-20-15-36-66(75)80)72-40-18-10-28-56(72)52-46-48-59-58-30-8-12-33-63(58)81(70(59)50-52)67-37-16-21-44-76(67)84-77-45-22-17-38-68(77)81/h1-51H. The van der Waals surface area contributed by atoms with E-state index in [0.29, 0.717) is 0 Å². The minimum Gasteiger partial charge on any atom is -0.457 e. The zero-order chi connectivity index (χ0) is 55.1. The van der Waals surface area contributed by atoms with Crippen molar-refractivity contribution in [2.45, 2.75) is 16.2 Å². The van der Waals surface area contributed by atoms with Gasteiger partial charge in [0.05, 0.1) is 27.6 Å². The van der Waals surface area contributed by atoms with Crippen LogP contribution in [0.5, 0.6) is 23.0 Å². The third kappa shape index (κ3) is 6.04. The number of para-hydroxylation sites is 5. The molecule has 0 atom stereocenters. The summed E-state index contributed by atoms with van der Waals surface area (Å²) >= 11 is 0. The predicted octanol–water partition coefficient (Wildman–Crippen LogP) is 20.1. The van der Waals surface area contributed by atoms with Crippen LogP contribution in [-0.4, -0.2) is 0 Å². The fourth-order valence-corrected chi connectivity index (χ4v) is 16.0. The molecular weight excluding hydrogens is 1020 g/mol. The van der Waals surface area contributed by atoms with Gasteiger partial charge in [0.15, 0.2) is 0 Å². The van der Waals surface area contributed by atoms with E-state index in [9.17, 15) is 0 Å². The summed E-state index contributed by atoms with van der Waals surface area (Å²) < 4.78 is 13.7. The van der Waals surface area contributed by atoms with Crippen LogP contribution in [0.3, 0.4) is 0 Å². The molecule has 3 aliphatic carbocycles. The molecule has 2 spiro atoms. The number of benzene rings is 13. The van der Waals surface area contributed by atoms with E-state index in [1.807, 2.05) is 0 Å². The second kappa shape index (κ2) is 17.6. The monoisotopic (exact) mass is 1070 g/mol. The number of ether oxygens (including phenoxy) is 2. The Hall–Kier alpha value is -10.7. The molecule has 0 aromatic heterocycles. The zero-order valence-electron chi connectivity index (χ0n) is 45.7. The fraction of sp³-hybridized carbons (Fsp3) is 0.0370.